The summed E-state index contributed by atoms with van der Waals surface area (Å²) < 4.78 is 0.930. The van der Waals surface area contributed by atoms with E-state index in [1.165, 1.54) is 0 Å². The summed E-state index contributed by atoms with van der Waals surface area (Å²) in [4.78, 5) is 2.64. The molecule has 76 valence electrons. The number of azide groups is 1. The second-order valence-corrected chi connectivity index (χ2v) is 3.65. The van der Waals surface area contributed by atoms with Crippen LogP contribution in [0.5, 0.6) is 0 Å². The van der Waals surface area contributed by atoms with Gasteiger partial charge in [0.1, 0.15) is 0 Å². The van der Waals surface area contributed by atoms with E-state index in [9.17, 15) is 0 Å². The molecule has 0 radical (unpaired) electrons. The molecule has 0 saturated heterocycles. The first-order chi connectivity index (χ1) is 7.24. The third-order valence-electron chi connectivity index (χ3n) is 1.64. The Bertz CT molecular complexity index is 452. The van der Waals surface area contributed by atoms with Crippen molar-refractivity contribution in [3.63, 3.8) is 0 Å². The van der Waals surface area contributed by atoms with Gasteiger partial charge >= 0.3 is 0 Å². The van der Waals surface area contributed by atoms with Crippen LogP contribution in [0.4, 0.5) is 5.69 Å². The molecule has 2 N–H and O–H groups in total. The van der Waals surface area contributed by atoms with E-state index in [4.69, 9.17) is 11.3 Å². The average molecular weight is 265 g/mol. The van der Waals surface area contributed by atoms with Crippen molar-refractivity contribution in [1.29, 1.82) is 0 Å². The number of anilines is 1. The normalized spacial score (nSPS) is 8.60. The molecule has 4 nitrogen and oxygen atoms in total. The summed E-state index contributed by atoms with van der Waals surface area (Å²) in [6.07, 6.45) is 0.541. The highest BCUT2D eigenvalue weighted by Crippen LogP contribution is 2.17. The molecule has 0 saturated carbocycles. The number of benzene rings is 1. The van der Waals surface area contributed by atoms with Crippen molar-refractivity contribution in [2.45, 2.75) is 6.42 Å². The predicted octanol–water partition coefficient (Wildman–Crippen LogP) is 3.08. The van der Waals surface area contributed by atoms with Gasteiger partial charge in [-0.15, -0.1) is 0 Å². The Labute approximate surface area is 96.2 Å². The molecule has 5 heteroatoms. The molecule has 0 fully saturated rings. The van der Waals surface area contributed by atoms with Gasteiger partial charge in [-0.1, -0.05) is 32.9 Å². The summed E-state index contributed by atoms with van der Waals surface area (Å²) >= 11 is 3.32. The van der Waals surface area contributed by atoms with Gasteiger partial charge < -0.3 is 5.73 Å². The van der Waals surface area contributed by atoms with Gasteiger partial charge in [-0.2, -0.15) is 0 Å². The Morgan fingerprint density at radius 3 is 3.00 bits per heavy atom. The maximum Gasteiger partial charge on any atom is 0.0484 e. The number of halogens is 1. The third kappa shape index (κ3) is 3.94. The van der Waals surface area contributed by atoms with Crippen molar-refractivity contribution < 1.29 is 0 Å². The lowest BCUT2D eigenvalue weighted by atomic mass is 10.2. The molecule has 0 heterocycles. The molecule has 0 bridgehead atoms. The van der Waals surface area contributed by atoms with Crippen LogP contribution in [-0.4, -0.2) is 6.54 Å². The number of nitrogens with zero attached hydrogens (tertiary/aromatic N) is 3. The van der Waals surface area contributed by atoms with E-state index >= 15 is 0 Å². The smallest absolute Gasteiger partial charge is 0.0484 e. The van der Waals surface area contributed by atoms with Crippen LogP contribution >= 0.6 is 15.9 Å². The minimum absolute atomic E-state index is 0.389. The monoisotopic (exact) mass is 264 g/mol. The van der Waals surface area contributed by atoms with Crippen LogP contribution in [0.15, 0.2) is 27.8 Å². The maximum atomic E-state index is 8.04. The van der Waals surface area contributed by atoms with Crippen molar-refractivity contribution in [2.75, 3.05) is 12.3 Å². The molecule has 0 amide bonds. The van der Waals surface area contributed by atoms with Gasteiger partial charge in [0.15, 0.2) is 0 Å². The van der Waals surface area contributed by atoms with E-state index in [0.29, 0.717) is 18.7 Å². The first-order valence-electron chi connectivity index (χ1n) is 4.29. The van der Waals surface area contributed by atoms with Gasteiger partial charge in [-0.3, -0.25) is 0 Å². The molecule has 1 rings (SSSR count). The first-order valence-corrected chi connectivity index (χ1v) is 5.08. The van der Waals surface area contributed by atoms with Crippen molar-refractivity contribution in [3.8, 4) is 11.8 Å². The highest BCUT2D eigenvalue weighted by atomic mass is 79.9. The van der Waals surface area contributed by atoms with Gasteiger partial charge in [0.05, 0.1) is 0 Å². The topological polar surface area (TPSA) is 74.8 Å². The summed E-state index contributed by atoms with van der Waals surface area (Å²) in [5.41, 5.74) is 15.2. The van der Waals surface area contributed by atoms with Crippen LogP contribution < -0.4 is 5.73 Å². The van der Waals surface area contributed by atoms with Gasteiger partial charge in [-0.05, 0) is 23.7 Å². The number of nitrogens with two attached hydrogens (primary N) is 1. The molecular weight excluding hydrogens is 256 g/mol. The Hall–Kier alpha value is -1.63. The lowest BCUT2D eigenvalue weighted by Gasteiger charge is -1.97. The molecule has 0 aliphatic carbocycles. The van der Waals surface area contributed by atoms with Crippen LogP contribution in [0.25, 0.3) is 10.4 Å². The van der Waals surface area contributed by atoms with Crippen molar-refractivity contribution in [1.82, 2.24) is 0 Å². The standard InChI is InChI=1S/C10H9BrN4/c11-9-5-4-8(10(12)7-9)3-1-2-6-14-15-13/h4-5,7H,2,6,12H2. The summed E-state index contributed by atoms with van der Waals surface area (Å²) in [6.45, 7) is 0.389. The summed E-state index contributed by atoms with van der Waals surface area (Å²) in [5, 5.41) is 3.38. The molecule has 0 aliphatic rings. The summed E-state index contributed by atoms with van der Waals surface area (Å²) in [5.74, 6) is 5.81. The lowest BCUT2D eigenvalue weighted by molar-refractivity contribution is 1.01. The number of hydrogen-bond donors (Lipinski definition) is 1. The van der Waals surface area contributed by atoms with Crippen LogP contribution in [0.3, 0.4) is 0 Å². The second kappa shape index (κ2) is 5.97. The highest BCUT2D eigenvalue weighted by molar-refractivity contribution is 9.10. The highest BCUT2D eigenvalue weighted by Gasteiger charge is 1.94. The molecule has 1 aromatic rings. The first kappa shape index (κ1) is 11.4. The largest absolute Gasteiger partial charge is 0.398 e. The van der Waals surface area contributed by atoms with Crippen LogP contribution in [0, 0.1) is 11.8 Å². The van der Waals surface area contributed by atoms with Gasteiger partial charge in [0.2, 0.25) is 0 Å². The molecule has 0 atom stereocenters. The minimum Gasteiger partial charge on any atom is -0.398 e. The molecular formula is C10H9BrN4. The van der Waals surface area contributed by atoms with E-state index in [1.54, 1.807) is 6.07 Å². The number of hydrogen-bond acceptors (Lipinski definition) is 2. The van der Waals surface area contributed by atoms with Gasteiger partial charge in [-0.25, -0.2) is 0 Å². The fraction of sp³-hybridized carbons (Fsp3) is 0.200. The third-order valence-corrected chi connectivity index (χ3v) is 2.13. The Balaban J connectivity index is 2.67. The SMILES string of the molecule is [N-]=[N+]=NCCC#Cc1ccc(Br)cc1N. The fourth-order valence-electron chi connectivity index (χ4n) is 0.956. The summed E-state index contributed by atoms with van der Waals surface area (Å²) in [7, 11) is 0. The minimum atomic E-state index is 0.389. The van der Waals surface area contributed by atoms with Crippen molar-refractivity contribution in [3.05, 3.63) is 38.7 Å². The molecule has 0 aromatic heterocycles. The van der Waals surface area contributed by atoms with E-state index in [2.05, 4.69) is 37.8 Å². The fourth-order valence-corrected chi connectivity index (χ4v) is 1.33. The molecule has 1 aromatic carbocycles. The number of nitrogen functional groups attached to an aromatic ring is 1. The molecule has 0 unspecified atom stereocenters. The van der Waals surface area contributed by atoms with Gasteiger partial charge in [0.25, 0.3) is 0 Å². The van der Waals surface area contributed by atoms with E-state index in [0.717, 1.165) is 10.0 Å². The summed E-state index contributed by atoms with van der Waals surface area (Å²) in [6, 6.07) is 5.53. The maximum absolute atomic E-state index is 8.04. The Morgan fingerprint density at radius 2 is 2.33 bits per heavy atom. The van der Waals surface area contributed by atoms with Crippen LogP contribution in [0.1, 0.15) is 12.0 Å². The van der Waals surface area contributed by atoms with Crippen LogP contribution in [-0.2, 0) is 0 Å². The van der Waals surface area contributed by atoms with Gasteiger partial charge in [0, 0.05) is 33.6 Å². The van der Waals surface area contributed by atoms with Crippen molar-refractivity contribution in [2.24, 2.45) is 5.11 Å². The zero-order valence-corrected chi connectivity index (χ0v) is 9.53. The van der Waals surface area contributed by atoms with E-state index in [-0.39, 0.29) is 0 Å². The molecule has 0 aliphatic heterocycles. The molecule has 15 heavy (non-hydrogen) atoms. The Morgan fingerprint density at radius 1 is 1.53 bits per heavy atom. The lowest BCUT2D eigenvalue weighted by Crippen LogP contribution is -1.89. The van der Waals surface area contributed by atoms with E-state index < -0.39 is 0 Å². The Kier molecular flexibility index (Phi) is 4.55. The van der Waals surface area contributed by atoms with Crippen LogP contribution in [0.2, 0.25) is 0 Å². The zero-order valence-electron chi connectivity index (χ0n) is 7.94. The number of rotatable bonds is 2. The predicted molar refractivity (Wildman–Crippen MR) is 64.1 cm³/mol. The molecule has 0 spiro atoms. The zero-order chi connectivity index (χ0) is 11.1. The quantitative estimate of drug-likeness (QED) is 0.219. The average Bonchev–Trinajstić information content (AvgIpc) is 2.20. The van der Waals surface area contributed by atoms with Crippen molar-refractivity contribution >= 4 is 21.6 Å². The van der Waals surface area contributed by atoms with E-state index in [1.807, 2.05) is 12.1 Å². The second-order valence-electron chi connectivity index (χ2n) is 2.74.